The first-order valence-corrected chi connectivity index (χ1v) is 23.8. The summed E-state index contributed by atoms with van der Waals surface area (Å²) in [4.78, 5) is 65.6. The number of nitrogens with zero attached hydrogens (tertiary/aromatic N) is 3. The van der Waals surface area contributed by atoms with E-state index < -0.39 is 60.1 Å². The Kier molecular flexibility index (Phi) is 13.2. The van der Waals surface area contributed by atoms with Crippen molar-refractivity contribution in [3.05, 3.63) is 84.0 Å². The predicted octanol–water partition coefficient (Wildman–Crippen LogP) is 8.58. The number of nitrogens with one attached hydrogen (secondary N) is 3. The summed E-state index contributed by atoms with van der Waals surface area (Å²) in [5.74, 6) is 0.702. The lowest BCUT2D eigenvalue weighted by atomic mass is 9.85. The number of fused-ring (bicyclic) bond motifs is 1. The predicted molar refractivity (Wildman–Crippen MR) is 242 cm³/mol. The van der Waals surface area contributed by atoms with Crippen molar-refractivity contribution in [2.24, 2.45) is 11.3 Å². The van der Waals surface area contributed by atoms with E-state index in [1.165, 1.54) is 22.1 Å². The van der Waals surface area contributed by atoms with Gasteiger partial charge in [0, 0.05) is 47.1 Å². The molecule has 2 aromatic carbocycles. The molecule has 14 nitrogen and oxygen atoms in total. The minimum Gasteiger partial charge on any atom is -0.497 e. The number of hydrogen-bond donors (Lipinski definition) is 4. The third-order valence-corrected chi connectivity index (χ3v) is 14.8. The number of amides is 3. The van der Waals surface area contributed by atoms with Gasteiger partial charge in [-0.2, -0.15) is 0 Å². The largest absolute Gasteiger partial charge is 0.497 e. The van der Waals surface area contributed by atoms with Crippen molar-refractivity contribution in [2.75, 3.05) is 19.0 Å². The van der Waals surface area contributed by atoms with Crippen LogP contribution >= 0.6 is 18.7 Å². The molecule has 4 aromatic rings. The van der Waals surface area contributed by atoms with Gasteiger partial charge < -0.3 is 40.0 Å². The van der Waals surface area contributed by atoms with E-state index in [9.17, 15) is 23.8 Å². The van der Waals surface area contributed by atoms with Crippen LogP contribution in [-0.2, 0) is 18.9 Å². The summed E-state index contributed by atoms with van der Waals surface area (Å²) in [6, 6.07) is 14.4. The van der Waals surface area contributed by atoms with Crippen molar-refractivity contribution in [3.8, 4) is 22.9 Å². The van der Waals surface area contributed by atoms with Crippen LogP contribution in [0.1, 0.15) is 78.7 Å². The molecule has 3 fully saturated rings. The molecule has 3 heterocycles. The van der Waals surface area contributed by atoms with Crippen molar-refractivity contribution >= 4 is 58.7 Å². The number of alkyl carbamates (subject to hydrolysis) is 1. The minimum absolute atomic E-state index is 0.0279. The average Bonchev–Trinajstić information content (AvgIpc) is 3.63. The molecule has 1 unspecified atom stereocenters. The Balaban J connectivity index is 1.22. The maximum Gasteiger partial charge on any atom is 0.408 e. The van der Waals surface area contributed by atoms with E-state index >= 15 is 0 Å². The number of aromatic nitrogens is 2. The van der Waals surface area contributed by atoms with Crippen LogP contribution in [0, 0.1) is 11.3 Å². The van der Waals surface area contributed by atoms with Crippen LogP contribution in [0.2, 0.25) is 0 Å². The number of thiazole rings is 1. The quantitative estimate of drug-likeness (QED) is 0.0663. The van der Waals surface area contributed by atoms with Gasteiger partial charge in [-0.05, 0) is 75.1 Å². The monoisotopic (exact) mass is 884 g/mol. The molecule has 7 rings (SSSR count). The fourth-order valence-electron chi connectivity index (χ4n) is 8.24. The molecular formula is C46H57N6O8PS. The van der Waals surface area contributed by atoms with Gasteiger partial charge >= 0.3 is 6.09 Å². The van der Waals surface area contributed by atoms with E-state index in [2.05, 4.69) is 22.5 Å². The SMILES string of the molecule is C=C[C@@H]1C[C@]1(NC(=O)[C@@H]1C[C@@H](Oc2cc(-c3csc(NC(C)C)n3)nc3cc(OC)ccc23)CN1C(=O)[C@@H](NC(=O)OC1CCCC1)C(C)(C)C)P(=O)(O)/C=C/c1ccccc1. The number of rotatable bonds is 15. The molecule has 2 saturated carbocycles. The van der Waals surface area contributed by atoms with Gasteiger partial charge in [-0.25, -0.2) is 14.8 Å². The fourth-order valence-corrected chi connectivity index (χ4v) is 11.0. The average molecular weight is 885 g/mol. The number of likely N-dealkylation sites (tertiary alicyclic amines) is 1. The Labute approximate surface area is 367 Å². The number of pyridine rings is 1. The van der Waals surface area contributed by atoms with Crippen molar-refractivity contribution in [2.45, 2.75) is 109 Å². The van der Waals surface area contributed by atoms with Crippen LogP contribution in [0.15, 0.2) is 78.4 Å². The summed E-state index contributed by atoms with van der Waals surface area (Å²) in [6.07, 6.45) is 5.17. The molecule has 0 bridgehead atoms. The Hall–Kier alpha value is -5.24. The molecular weight excluding hydrogens is 828 g/mol. The maximum atomic E-state index is 14.9. The molecule has 6 atom stereocenters. The highest BCUT2D eigenvalue weighted by atomic mass is 32.1. The van der Waals surface area contributed by atoms with Gasteiger partial charge in [0.05, 0.1) is 24.9 Å². The molecule has 3 aliphatic rings. The second-order valence-electron chi connectivity index (χ2n) is 17.8. The number of ether oxygens (including phenoxy) is 3. The zero-order valence-electron chi connectivity index (χ0n) is 36.1. The minimum atomic E-state index is -4.20. The number of methoxy groups -OCH3 is 1. The molecule has 16 heteroatoms. The van der Waals surface area contributed by atoms with Crippen LogP contribution in [-0.4, -0.2) is 86.9 Å². The van der Waals surface area contributed by atoms with Crippen molar-refractivity contribution in [1.29, 1.82) is 0 Å². The van der Waals surface area contributed by atoms with Crippen LogP contribution < -0.4 is 25.4 Å². The van der Waals surface area contributed by atoms with Gasteiger partial charge in [-0.15, -0.1) is 17.9 Å². The highest BCUT2D eigenvalue weighted by Gasteiger charge is 2.65. The van der Waals surface area contributed by atoms with E-state index in [1.54, 1.807) is 37.5 Å². The molecule has 1 saturated heterocycles. The molecule has 2 aliphatic carbocycles. The van der Waals surface area contributed by atoms with E-state index in [4.69, 9.17) is 24.2 Å². The highest BCUT2D eigenvalue weighted by Crippen LogP contribution is 2.70. The van der Waals surface area contributed by atoms with Crippen LogP contribution in [0.5, 0.6) is 11.5 Å². The van der Waals surface area contributed by atoms with E-state index in [1.807, 2.05) is 76.4 Å². The smallest absolute Gasteiger partial charge is 0.408 e. The van der Waals surface area contributed by atoms with Gasteiger partial charge in [0.2, 0.25) is 19.2 Å². The number of hydrogen-bond acceptors (Lipinski definition) is 11. The molecule has 0 spiro atoms. The van der Waals surface area contributed by atoms with E-state index in [0.29, 0.717) is 33.8 Å². The van der Waals surface area contributed by atoms with Crippen LogP contribution in [0.4, 0.5) is 9.93 Å². The molecule has 0 radical (unpaired) electrons. The van der Waals surface area contributed by atoms with Gasteiger partial charge in [0.1, 0.15) is 46.8 Å². The van der Waals surface area contributed by atoms with Crippen molar-refractivity contribution in [1.82, 2.24) is 25.5 Å². The maximum absolute atomic E-state index is 14.9. The zero-order valence-corrected chi connectivity index (χ0v) is 37.8. The van der Waals surface area contributed by atoms with Crippen LogP contribution in [0.3, 0.4) is 0 Å². The molecule has 2 aromatic heterocycles. The topological polar surface area (TPSA) is 181 Å². The molecule has 330 valence electrons. The van der Waals surface area contributed by atoms with Gasteiger partial charge in [0.25, 0.3) is 0 Å². The zero-order chi connectivity index (χ0) is 44.4. The van der Waals surface area contributed by atoms with Crippen LogP contribution in [0.25, 0.3) is 28.4 Å². The first-order chi connectivity index (χ1) is 29.5. The number of carbonyl (C=O) groups excluding carboxylic acids is 3. The third-order valence-electron chi connectivity index (χ3n) is 11.7. The third kappa shape index (κ3) is 9.85. The fraction of sp³-hybridized carbons (Fsp3) is 0.457. The Morgan fingerprint density at radius 2 is 1.79 bits per heavy atom. The summed E-state index contributed by atoms with van der Waals surface area (Å²) < 4.78 is 32.2. The standard InChI is InChI=1S/C46H57N6O8PS/c1-8-30-25-46(30,61(56,57)21-20-29-14-10-9-11-15-29)51-41(53)38-23-33(26-52(38)42(54)40(45(4,5)6)50-44(55)60-31-16-12-13-17-31)59-39-24-36(37-27-62-43(49-37)47-28(2)3)48-35-22-32(58-7)18-19-34(35)39/h8-11,14-15,18-22,24,27-28,30-31,33,38,40H,1,12-13,16-17,23,25-26H2,2-7H3,(H,47,49)(H,50,55)(H,51,53)(H,56,57)/b21-20+/t30-,33-,38+,40-,46+/m1/s1. The lowest BCUT2D eigenvalue weighted by Crippen LogP contribution is -2.58. The number of anilines is 1. The first kappa shape index (κ1) is 44.8. The summed E-state index contributed by atoms with van der Waals surface area (Å²) in [5.41, 5.74) is 1.71. The molecule has 62 heavy (non-hydrogen) atoms. The first-order valence-electron chi connectivity index (χ1n) is 21.2. The van der Waals surface area contributed by atoms with Gasteiger partial charge in [-0.3, -0.25) is 14.2 Å². The summed E-state index contributed by atoms with van der Waals surface area (Å²) >= 11 is 1.46. The summed E-state index contributed by atoms with van der Waals surface area (Å²) in [7, 11) is -2.63. The second-order valence-corrected chi connectivity index (χ2v) is 21.0. The summed E-state index contributed by atoms with van der Waals surface area (Å²) in [6.45, 7) is 13.4. The Bertz CT molecular complexity index is 2380. The molecule has 4 N–H and O–H groups in total. The van der Waals surface area contributed by atoms with Gasteiger partial charge in [0.15, 0.2) is 5.13 Å². The number of carbonyl (C=O) groups is 3. The molecule has 1 aliphatic heterocycles. The van der Waals surface area contributed by atoms with E-state index in [0.717, 1.165) is 36.4 Å². The Morgan fingerprint density at radius 1 is 1.05 bits per heavy atom. The lowest BCUT2D eigenvalue weighted by Gasteiger charge is -2.35. The second kappa shape index (κ2) is 18.2. The highest BCUT2D eigenvalue weighted by molar-refractivity contribution is 7.63. The molecule has 3 amide bonds. The number of benzene rings is 2. The lowest BCUT2D eigenvalue weighted by molar-refractivity contribution is -0.142. The van der Waals surface area contributed by atoms with Gasteiger partial charge in [-0.1, -0.05) is 57.2 Å². The normalized spacial score (nSPS) is 22.9. The van der Waals surface area contributed by atoms with Crippen molar-refractivity contribution < 1.29 is 38.1 Å². The summed E-state index contributed by atoms with van der Waals surface area (Å²) in [5, 5.41) is 10.9. The Morgan fingerprint density at radius 3 is 2.45 bits per heavy atom. The van der Waals surface area contributed by atoms with E-state index in [-0.39, 0.29) is 31.5 Å². The van der Waals surface area contributed by atoms with Crippen molar-refractivity contribution in [3.63, 3.8) is 0 Å².